The highest BCUT2D eigenvalue weighted by Crippen LogP contribution is 2.18. The highest BCUT2D eigenvalue weighted by molar-refractivity contribution is 5.86. The summed E-state index contributed by atoms with van der Waals surface area (Å²) in [6.07, 6.45) is 5.81. The molecule has 0 atom stereocenters. The molecule has 2 N–H and O–H groups in total. The molecular weight excluding hydrogens is 345 g/mol. The lowest BCUT2D eigenvalue weighted by molar-refractivity contribution is -0.121. The molecule has 1 amide bonds. The van der Waals surface area contributed by atoms with E-state index in [2.05, 4.69) is 27.8 Å². The number of aromatic nitrogens is 1. The number of hydrogen-bond acceptors (Lipinski definition) is 3. The molecule has 1 aromatic heterocycles. The Bertz CT molecular complexity index is 640. The zero-order valence-electron chi connectivity index (χ0n) is 13.7. The van der Waals surface area contributed by atoms with Crippen molar-refractivity contribution in [3.8, 4) is 0 Å². The van der Waals surface area contributed by atoms with Crippen LogP contribution < -0.4 is 10.6 Å². The first-order valence-electron chi connectivity index (χ1n) is 8.13. The van der Waals surface area contributed by atoms with Crippen LogP contribution in [0.15, 0.2) is 36.5 Å². The molecule has 6 heteroatoms. The van der Waals surface area contributed by atoms with Crippen LogP contribution in [-0.2, 0) is 11.3 Å². The van der Waals surface area contributed by atoms with Crippen LogP contribution >= 0.6 is 24.8 Å². The van der Waals surface area contributed by atoms with Crippen LogP contribution in [0.25, 0.3) is 10.8 Å². The highest BCUT2D eigenvalue weighted by Gasteiger charge is 2.14. The van der Waals surface area contributed by atoms with Gasteiger partial charge in [-0.1, -0.05) is 24.3 Å². The molecule has 0 saturated carbocycles. The number of benzene rings is 1. The van der Waals surface area contributed by atoms with E-state index in [4.69, 9.17) is 0 Å². The lowest BCUT2D eigenvalue weighted by Gasteiger charge is -2.22. The van der Waals surface area contributed by atoms with Gasteiger partial charge in [0.15, 0.2) is 0 Å². The second-order valence-electron chi connectivity index (χ2n) is 5.99. The third-order valence-electron chi connectivity index (χ3n) is 4.45. The van der Waals surface area contributed by atoms with Gasteiger partial charge in [0.1, 0.15) is 0 Å². The minimum Gasteiger partial charge on any atom is -0.350 e. The van der Waals surface area contributed by atoms with Crippen molar-refractivity contribution in [2.75, 3.05) is 13.1 Å². The van der Waals surface area contributed by atoms with Gasteiger partial charge >= 0.3 is 0 Å². The van der Waals surface area contributed by atoms with Gasteiger partial charge in [-0.05, 0) is 49.7 Å². The molecule has 0 spiro atoms. The van der Waals surface area contributed by atoms with E-state index in [1.165, 1.54) is 12.8 Å². The standard InChI is InChI=1S/C18H23N3O.2ClH/c22-18(6-5-14-7-10-19-11-8-14)21-13-17-16-4-2-1-3-15(16)9-12-20-17;;/h1-4,9,12,14,19H,5-8,10-11,13H2,(H,21,22);2*1H. The summed E-state index contributed by atoms with van der Waals surface area (Å²) < 4.78 is 0. The molecule has 132 valence electrons. The first-order valence-corrected chi connectivity index (χ1v) is 8.13. The molecule has 1 aliphatic heterocycles. The van der Waals surface area contributed by atoms with Crippen molar-refractivity contribution in [3.05, 3.63) is 42.2 Å². The number of piperidine rings is 1. The molecule has 0 radical (unpaired) electrons. The van der Waals surface area contributed by atoms with E-state index in [-0.39, 0.29) is 30.7 Å². The van der Waals surface area contributed by atoms with Gasteiger partial charge in [0, 0.05) is 18.0 Å². The van der Waals surface area contributed by atoms with Gasteiger partial charge in [-0.25, -0.2) is 0 Å². The van der Waals surface area contributed by atoms with Crippen molar-refractivity contribution >= 4 is 41.5 Å². The van der Waals surface area contributed by atoms with Crippen molar-refractivity contribution in [2.45, 2.75) is 32.2 Å². The summed E-state index contributed by atoms with van der Waals surface area (Å²) in [5.74, 6) is 0.830. The van der Waals surface area contributed by atoms with E-state index < -0.39 is 0 Å². The fourth-order valence-electron chi connectivity index (χ4n) is 3.10. The van der Waals surface area contributed by atoms with Crippen LogP contribution in [0.1, 0.15) is 31.4 Å². The van der Waals surface area contributed by atoms with E-state index in [9.17, 15) is 4.79 Å². The smallest absolute Gasteiger partial charge is 0.220 e. The number of nitrogens with zero attached hydrogens (tertiary/aromatic N) is 1. The first-order chi connectivity index (χ1) is 10.8. The third kappa shape index (κ3) is 5.62. The van der Waals surface area contributed by atoms with Gasteiger partial charge in [-0.15, -0.1) is 24.8 Å². The van der Waals surface area contributed by atoms with Gasteiger partial charge in [0.05, 0.1) is 12.2 Å². The fraction of sp³-hybridized carbons (Fsp3) is 0.444. The Balaban J connectivity index is 0.00000144. The third-order valence-corrected chi connectivity index (χ3v) is 4.45. The maximum absolute atomic E-state index is 12.0. The van der Waals surface area contributed by atoms with Crippen LogP contribution in [0.3, 0.4) is 0 Å². The van der Waals surface area contributed by atoms with Gasteiger partial charge in [0.2, 0.25) is 5.91 Å². The van der Waals surface area contributed by atoms with E-state index in [1.807, 2.05) is 18.2 Å². The summed E-state index contributed by atoms with van der Waals surface area (Å²) >= 11 is 0. The summed E-state index contributed by atoms with van der Waals surface area (Å²) in [4.78, 5) is 16.4. The number of amides is 1. The molecule has 3 rings (SSSR count). The Hall–Kier alpha value is -1.36. The molecule has 1 fully saturated rings. The number of pyridine rings is 1. The van der Waals surface area contributed by atoms with E-state index in [0.717, 1.165) is 36.0 Å². The van der Waals surface area contributed by atoms with Crippen LogP contribution in [0.2, 0.25) is 0 Å². The Morgan fingerprint density at radius 3 is 2.71 bits per heavy atom. The summed E-state index contributed by atoms with van der Waals surface area (Å²) in [6.45, 7) is 2.69. The second kappa shape index (κ2) is 10.5. The summed E-state index contributed by atoms with van der Waals surface area (Å²) in [7, 11) is 0. The molecule has 2 heterocycles. The number of nitrogens with one attached hydrogen (secondary N) is 2. The van der Waals surface area contributed by atoms with Crippen LogP contribution in [0, 0.1) is 5.92 Å². The highest BCUT2D eigenvalue weighted by atomic mass is 35.5. The van der Waals surface area contributed by atoms with Crippen molar-refractivity contribution in [1.82, 2.24) is 15.6 Å². The predicted octanol–water partition coefficient (Wildman–Crippen LogP) is 3.47. The van der Waals surface area contributed by atoms with Crippen molar-refractivity contribution in [1.29, 1.82) is 0 Å². The van der Waals surface area contributed by atoms with Gasteiger partial charge in [-0.3, -0.25) is 9.78 Å². The summed E-state index contributed by atoms with van der Waals surface area (Å²) in [5.41, 5.74) is 0.938. The maximum atomic E-state index is 12.0. The number of carbonyl (C=O) groups is 1. The fourth-order valence-corrected chi connectivity index (χ4v) is 3.10. The molecule has 24 heavy (non-hydrogen) atoms. The molecule has 0 unspecified atom stereocenters. The molecule has 4 nitrogen and oxygen atoms in total. The average molecular weight is 370 g/mol. The SMILES string of the molecule is Cl.Cl.O=C(CCC1CCNCC1)NCc1nccc2ccccc12. The van der Waals surface area contributed by atoms with Crippen molar-refractivity contribution < 1.29 is 4.79 Å². The first kappa shape index (κ1) is 20.7. The lowest BCUT2D eigenvalue weighted by Crippen LogP contribution is -2.29. The Labute approximate surface area is 155 Å². The molecular formula is C18H25Cl2N3O. The summed E-state index contributed by atoms with van der Waals surface area (Å²) in [6, 6.07) is 10.1. The molecule has 2 aromatic rings. The minimum absolute atomic E-state index is 0. The zero-order valence-corrected chi connectivity index (χ0v) is 15.3. The van der Waals surface area contributed by atoms with Crippen LogP contribution in [-0.4, -0.2) is 24.0 Å². The van der Waals surface area contributed by atoms with Crippen molar-refractivity contribution in [3.63, 3.8) is 0 Å². The number of fused-ring (bicyclic) bond motifs is 1. The summed E-state index contributed by atoms with van der Waals surface area (Å²) in [5, 5.41) is 8.65. The van der Waals surface area contributed by atoms with Crippen LogP contribution in [0.4, 0.5) is 0 Å². The van der Waals surface area contributed by atoms with Crippen molar-refractivity contribution in [2.24, 2.45) is 5.92 Å². The largest absolute Gasteiger partial charge is 0.350 e. The van der Waals surface area contributed by atoms with Gasteiger partial charge < -0.3 is 10.6 Å². The zero-order chi connectivity index (χ0) is 15.2. The number of carbonyl (C=O) groups excluding carboxylic acids is 1. The minimum atomic E-state index is 0. The normalized spacial score (nSPS) is 14.5. The Morgan fingerprint density at radius 2 is 1.92 bits per heavy atom. The van der Waals surface area contributed by atoms with Crippen LogP contribution in [0.5, 0.6) is 0 Å². The van der Waals surface area contributed by atoms with Gasteiger partial charge in [-0.2, -0.15) is 0 Å². The Morgan fingerprint density at radius 1 is 1.17 bits per heavy atom. The second-order valence-corrected chi connectivity index (χ2v) is 5.99. The average Bonchev–Trinajstić information content (AvgIpc) is 2.59. The number of hydrogen-bond donors (Lipinski definition) is 2. The van der Waals surface area contributed by atoms with E-state index in [0.29, 0.717) is 18.9 Å². The van der Waals surface area contributed by atoms with Gasteiger partial charge in [0.25, 0.3) is 0 Å². The molecule has 0 aliphatic carbocycles. The molecule has 1 saturated heterocycles. The molecule has 1 aliphatic rings. The molecule has 0 bridgehead atoms. The lowest BCUT2D eigenvalue weighted by atomic mass is 9.93. The van der Waals surface area contributed by atoms with E-state index >= 15 is 0 Å². The topological polar surface area (TPSA) is 54.0 Å². The monoisotopic (exact) mass is 369 g/mol. The number of halogens is 2. The Kier molecular flexibility index (Phi) is 9.04. The number of rotatable bonds is 5. The predicted molar refractivity (Wildman–Crippen MR) is 103 cm³/mol. The maximum Gasteiger partial charge on any atom is 0.220 e. The van der Waals surface area contributed by atoms with E-state index in [1.54, 1.807) is 6.20 Å². The quantitative estimate of drug-likeness (QED) is 0.847. The molecule has 1 aromatic carbocycles.